The molecule has 0 radical (unpaired) electrons. The molecule has 1 saturated heterocycles. The zero-order chi connectivity index (χ0) is 15.3. The van der Waals surface area contributed by atoms with Gasteiger partial charge in [-0.05, 0) is 26.0 Å². The predicted molar refractivity (Wildman–Crippen MR) is 75.8 cm³/mol. The van der Waals surface area contributed by atoms with Gasteiger partial charge in [-0.2, -0.15) is 0 Å². The summed E-state index contributed by atoms with van der Waals surface area (Å²) in [6, 6.07) is 8.91. The molecular formula is C16H20O5. The van der Waals surface area contributed by atoms with Crippen molar-refractivity contribution in [1.29, 1.82) is 0 Å². The molecule has 0 aromatic heterocycles. The van der Waals surface area contributed by atoms with Gasteiger partial charge in [0.15, 0.2) is 5.79 Å². The van der Waals surface area contributed by atoms with E-state index < -0.39 is 5.79 Å². The topological polar surface area (TPSA) is 61.8 Å². The van der Waals surface area contributed by atoms with Gasteiger partial charge in [0.2, 0.25) is 0 Å². The van der Waals surface area contributed by atoms with Gasteiger partial charge in [-0.15, -0.1) is 0 Å². The van der Waals surface area contributed by atoms with E-state index >= 15 is 0 Å². The average Bonchev–Trinajstić information content (AvgIpc) is 2.38. The number of para-hydroxylation sites is 1. The van der Waals surface area contributed by atoms with Crippen molar-refractivity contribution in [2.75, 3.05) is 0 Å². The third-order valence-corrected chi connectivity index (χ3v) is 3.16. The monoisotopic (exact) mass is 292 g/mol. The Morgan fingerprint density at radius 1 is 1.29 bits per heavy atom. The molecule has 0 bridgehead atoms. The van der Waals surface area contributed by atoms with Crippen molar-refractivity contribution in [3.05, 3.63) is 30.3 Å². The van der Waals surface area contributed by atoms with E-state index in [1.807, 2.05) is 6.07 Å². The van der Waals surface area contributed by atoms with Crippen LogP contribution in [0.25, 0.3) is 0 Å². The molecule has 1 aromatic rings. The van der Waals surface area contributed by atoms with Crippen molar-refractivity contribution in [1.82, 2.24) is 0 Å². The Hall–Kier alpha value is -1.72. The van der Waals surface area contributed by atoms with Crippen LogP contribution in [0.1, 0.15) is 33.1 Å². The Labute approximate surface area is 124 Å². The second kappa shape index (κ2) is 6.83. The van der Waals surface area contributed by atoms with Gasteiger partial charge < -0.3 is 19.0 Å². The van der Waals surface area contributed by atoms with E-state index in [4.69, 9.17) is 14.2 Å². The largest absolute Gasteiger partial charge is 0.426 e. The van der Waals surface area contributed by atoms with E-state index in [0.29, 0.717) is 18.6 Å². The van der Waals surface area contributed by atoms with Crippen LogP contribution in [0.5, 0.6) is 5.75 Å². The molecule has 1 heterocycles. The van der Waals surface area contributed by atoms with Crippen LogP contribution in [0, 0.1) is 0 Å². The molecule has 0 aliphatic carbocycles. The van der Waals surface area contributed by atoms with Gasteiger partial charge in [0.05, 0.1) is 18.6 Å². The summed E-state index contributed by atoms with van der Waals surface area (Å²) < 4.78 is 16.6. The minimum absolute atomic E-state index is 0.136. The highest BCUT2D eigenvalue weighted by Crippen LogP contribution is 2.29. The number of ether oxygens (including phenoxy) is 3. The molecule has 114 valence electrons. The summed E-state index contributed by atoms with van der Waals surface area (Å²) in [5, 5.41) is 0. The Morgan fingerprint density at radius 2 is 1.95 bits per heavy atom. The highest BCUT2D eigenvalue weighted by atomic mass is 16.7. The van der Waals surface area contributed by atoms with Gasteiger partial charge in [0.1, 0.15) is 12.0 Å². The lowest BCUT2D eigenvalue weighted by Gasteiger charge is -2.40. The Morgan fingerprint density at radius 3 is 2.62 bits per heavy atom. The molecule has 2 unspecified atom stereocenters. The van der Waals surface area contributed by atoms with E-state index in [-0.39, 0.29) is 24.6 Å². The van der Waals surface area contributed by atoms with Crippen LogP contribution in [0.15, 0.2) is 30.3 Å². The van der Waals surface area contributed by atoms with Crippen LogP contribution in [-0.4, -0.2) is 30.3 Å². The zero-order valence-electron chi connectivity index (χ0n) is 12.3. The number of carbonyl (C=O) groups excluding carboxylic acids is 2. The molecule has 5 nitrogen and oxygen atoms in total. The quantitative estimate of drug-likeness (QED) is 0.474. The first kappa shape index (κ1) is 15.7. The van der Waals surface area contributed by atoms with E-state index in [0.717, 1.165) is 6.29 Å². The van der Waals surface area contributed by atoms with Crippen LogP contribution < -0.4 is 4.74 Å². The van der Waals surface area contributed by atoms with Crippen LogP contribution >= 0.6 is 0 Å². The minimum atomic E-state index is -0.802. The molecular weight excluding hydrogens is 272 g/mol. The highest BCUT2D eigenvalue weighted by molar-refractivity contribution is 5.72. The third kappa shape index (κ3) is 4.95. The molecule has 1 aromatic carbocycles. The SMILES string of the molecule is CC1(C)OC(CC=O)CC(CC(=O)Oc2ccccc2)O1. The number of rotatable bonds is 5. The first-order chi connectivity index (χ1) is 9.98. The number of hydrogen-bond acceptors (Lipinski definition) is 5. The van der Waals surface area contributed by atoms with Gasteiger partial charge in [-0.3, -0.25) is 4.79 Å². The summed E-state index contributed by atoms with van der Waals surface area (Å²) in [6.45, 7) is 3.55. The lowest BCUT2D eigenvalue weighted by atomic mass is 10.0. The molecule has 21 heavy (non-hydrogen) atoms. The first-order valence-corrected chi connectivity index (χ1v) is 7.03. The average molecular weight is 292 g/mol. The Balaban J connectivity index is 1.91. The van der Waals surface area contributed by atoms with Crippen molar-refractivity contribution >= 4 is 12.3 Å². The van der Waals surface area contributed by atoms with Gasteiger partial charge >= 0.3 is 5.97 Å². The number of hydrogen-bond donors (Lipinski definition) is 0. The first-order valence-electron chi connectivity index (χ1n) is 7.03. The second-order valence-electron chi connectivity index (χ2n) is 5.51. The molecule has 1 aliphatic rings. The molecule has 1 fully saturated rings. The molecule has 0 spiro atoms. The van der Waals surface area contributed by atoms with E-state index in [9.17, 15) is 9.59 Å². The number of esters is 1. The maximum atomic E-state index is 11.9. The molecule has 2 atom stereocenters. The smallest absolute Gasteiger partial charge is 0.313 e. The van der Waals surface area contributed by atoms with Crippen molar-refractivity contribution in [3.8, 4) is 5.75 Å². The fourth-order valence-corrected chi connectivity index (χ4v) is 2.44. The molecule has 0 saturated carbocycles. The molecule has 5 heteroatoms. The highest BCUT2D eigenvalue weighted by Gasteiger charge is 2.36. The van der Waals surface area contributed by atoms with E-state index in [2.05, 4.69) is 0 Å². The van der Waals surface area contributed by atoms with E-state index in [1.54, 1.807) is 38.1 Å². The fraction of sp³-hybridized carbons (Fsp3) is 0.500. The molecule has 2 rings (SSSR count). The van der Waals surface area contributed by atoms with Crippen LogP contribution in [0.4, 0.5) is 0 Å². The second-order valence-corrected chi connectivity index (χ2v) is 5.51. The fourth-order valence-electron chi connectivity index (χ4n) is 2.44. The van der Waals surface area contributed by atoms with Gasteiger partial charge in [0, 0.05) is 12.8 Å². The van der Waals surface area contributed by atoms with Crippen LogP contribution in [0.3, 0.4) is 0 Å². The lowest BCUT2D eigenvalue weighted by molar-refractivity contribution is -0.298. The predicted octanol–water partition coefficient (Wildman–Crippen LogP) is 2.48. The van der Waals surface area contributed by atoms with Crippen molar-refractivity contribution < 1.29 is 23.8 Å². The van der Waals surface area contributed by atoms with Gasteiger partial charge in [0.25, 0.3) is 0 Å². The number of aldehydes is 1. The zero-order valence-corrected chi connectivity index (χ0v) is 12.3. The van der Waals surface area contributed by atoms with Crippen LogP contribution in [0.2, 0.25) is 0 Å². The summed E-state index contributed by atoms with van der Waals surface area (Å²) in [5.41, 5.74) is 0. The lowest BCUT2D eigenvalue weighted by Crippen LogP contribution is -2.45. The van der Waals surface area contributed by atoms with Crippen molar-refractivity contribution in [2.45, 2.75) is 51.1 Å². The van der Waals surface area contributed by atoms with Crippen molar-refractivity contribution in [2.24, 2.45) is 0 Å². The maximum Gasteiger partial charge on any atom is 0.313 e. The normalized spacial score (nSPS) is 24.3. The standard InChI is InChI=1S/C16H20O5/c1-16(2)20-13(8-9-17)10-14(21-16)11-15(18)19-12-6-4-3-5-7-12/h3-7,9,13-14H,8,10-11H2,1-2H3. The summed E-state index contributed by atoms with van der Waals surface area (Å²) in [5.74, 6) is -0.643. The summed E-state index contributed by atoms with van der Waals surface area (Å²) in [7, 11) is 0. The van der Waals surface area contributed by atoms with E-state index in [1.165, 1.54) is 0 Å². The molecule has 0 amide bonds. The number of benzene rings is 1. The van der Waals surface area contributed by atoms with Crippen molar-refractivity contribution in [3.63, 3.8) is 0 Å². The maximum absolute atomic E-state index is 11.9. The van der Waals surface area contributed by atoms with Crippen LogP contribution in [-0.2, 0) is 19.1 Å². The number of carbonyl (C=O) groups is 2. The summed E-state index contributed by atoms with van der Waals surface area (Å²) in [4.78, 5) is 22.6. The molecule has 0 N–H and O–H groups in total. The summed E-state index contributed by atoms with van der Waals surface area (Å²) >= 11 is 0. The third-order valence-electron chi connectivity index (χ3n) is 3.16. The minimum Gasteiger partial charge on any atom is -0.426 e. The Bertz CT molecular complexity index is 483. The summed E-state index contributed by atoms with van der Waals surface area (Å²) in [6.07, 6.45) is 1.24. The van der Waals surface area contributed by atoms with Gasteiger partial charge in [-0.1, -0.05) is 18.2 Å². The molecule has 1 aliphatic heterocycles. The van der Waals surface area contributed by atoms with Gasteiger partial charge in [-0.25, -0.2) is 0 Å². The Kier molecular flexibility index (Phi) is 5.09.